The summed E-state index contributed by atoms with van der Waals surface area (Å²) in [5.41, 5.74) is 2.21. The SMILES string of the molecule is CN=C(NCc1cccc(COC(C)(C)C)c1)N1CCC(C(=O)OC)CC1.I. The van der Waals surface area contributed by atoms with Crippen molar-refractivity contribution in [3.8, 4) is 0 Å². The predicted octanol–water partition coefficient (Wildman–Crippen LogP) is 3.58. The van der Waals surface area contributed by atoms with E-state index in [1.807, 2.05) is 0 Å². The van der Waals surface area contributed by atoms with Gasteiger partial charge in [0.2, 0.25) is 0 Å². The molecule has 0 bridgehead atoms. The Bertz CT molecular complexity index is 651. The number of nitrogens with one attached hydrogen (secondary N) is 1. The summed E-state index contributed by atoms with van der Waals surface area (Å²) in [7, 11) is 3.25. The number of nitrogens with zero attached hydrogens (tertiary/aromatic N) is 2. The second-order valence-corrected chi connectivity index (χ2v) is 7.91. The minimum atomic E-state index is -0.146. The molecule has 1 N–H and O–H groups in total. The summed E-state index contributed by atoms with van der Waals surface area (Å²) in [5.74, 6) is 0.769. The molecule has 1 saturated heterocycles. The fourth-order valence-electron chi connectivity index (χ4n) is 3.14. The van der Waals surface area contributed by atoms with Gasteiger partial charge < -0.3 is 19.7 Å². The van der Waals surface area contributed by atoms with Gasteiger partial charge in [-0.05, 0) is 44.7 Å². The second-order valence-electron chi connectivity index (χ2n) is 7.91. The van der Waals surface area contributed by atoms with Gasteiger partial charge in [0.05, 0.1) is 25.2 Å². The van der Waals surface area contributed by atoms with Crippen molar-refractivity contribution in [1.29, 1.82) is 0 Å². The van der Waals surface area contributed by atoms with Crippen LogP contribution in [0.5, 0.6) is 0 Å². The van der Waals surface area contributed by atoms with E-state index < -0.39 is 0 Å². The van der Waals surface area contributed by atoms with E-state index in [1.54, 1.807) is 7.05 Å². The third-order valence-corrected chi connectivity index (χ3v) is 4.65. The predicted molar refractivity (Wildman–Crippen MR) is 123 cm³/mol. The van der Waals surface area contributed by atoms with Gasteiger partial charge in [0, 0.05) is 26.7 Å². The Labute approximate surface area is 186 Å². The molecule has 158 valence electrons. The lowest BCUT2D eigenvalue weighted by atomic mass is 9.97. The number of ether oxygens (including phenoxy) is 2. The van der Waals surface area contributed by atoms with Crippen molar-refractivity contribution in [2.45, 2.75) is 52.4 Å². The van der Waals surface area contributed by atoms with Gasteiger partial charge in [-0.2, -0.15) is 0 Å². The van der Waals surface area contributed by atoms with E-state index in [-0.39, 0.29) is 41.5 Å². The van der Waals surface area contributed by atoms with Crippen LogP contribution in [0.2, 0.25) is 0 Å². The van der Waals surface area contributed by atoms with E-state index in [0.29, 0.717) is 13.2 Å². The Balaban J connectivity index is 0.00000392. The van der Waals surface area contributed by atoms with Crippen molar-refractivity contribution in [1.82, 2.24) is 10.2 Å². The lowest BCUT2D eigenvalue weighted by molar-refractivity contribution is -0.146. The number of methoxy groups -OCH3 is 1. The van der Waals surface area contributed by atoms with Gasteiger partial charge in [0.1, 0.15) is 0 Å². The zero-order valence-corrected chi connectivity index (χ0v) is 20.0. The quantitative estimate of drug-likeness (QED) is 0.288. The molecule has 1 aliphatic heterocycles. The first-order valence-corrected chi connectivity index (χ1v) is 9.57. The van der Waals surface area contributed by atoms with Crippen LogP contribution in [0.4, 0.5) is 0 Å². The number of rotatable bonds is 5. The van der Waals surface area contributed by atoms with Crippen LogP contribution in [0.25, 0.3) is 0 Å². The molecule has 2 rings (SSSR count). The molecule has 0 unspecified atom stereocenters. The number of benzene rings is 1. The van der Waals surface area contributed by atoms with Gasteiger partial charge in [-0.3, -0.25) is 9.79 Å². The third kappa shape index (κ3) is 7.95. The highest BCUT2D eigenvalue weighted by atomic mass is 127. The third-order valence-electron chi connectivity index (χ3n) is 4.65. The monoisotopic (exact) mass is 503 g/mol. The van der Waals surface area contributed by atoms with Crippen LogP contribution >= 0.6 is 24.0 Å². The highest BCUT2D eigenvalue weighted by Crippen LogP contribution is 2.18. The van der Waals surface area contributed by atoms with Gasteiger partial charge in [-0.15, -0.1) is 24.0 Å². The zero-order valence-electron chi connectivity index (χ0n) is 17.7. The topological polar surface area (TPSA) is 63.2 Å². The van der Waals surface area contributed by atoms with E-state index >= 15 is 0 Å². The number of aliphatic imine (C=N–C) groups is 1. The standard InChI is InChI=1S/C21H33N3O3.HI/c1-21(2,3)27-15-17-8-6-7-16(13-17)14-23-20(22-4)24-11-9-18(10-12-24)19(25)26-5;/h6-8,13,18H,9-12,14-15H2,1-5H3,(H,22,23);1H. The minimum Gasteiger partial charge on any atom is -0.469 e. The molecule has 1 heterocycles. The molecule has 6 nitrogen and oxygen atoms in total. The van der Waals surface area contributed by atoms with Crippen molar-refractivity contribution >= 4 is 35.9 Å². The molecular weight excluding hydrogens is 469 g/mol. The number of hydrogen-bond acceptors (Lipinski definition) is 4. The second kappa shape index (κ2) is 11.6. The van der Waals surface area contributed by atoms with Gasteiger partial charge >= 0.3 is 5.97 Å². The average molecular weight is 503 g/mol. The Morgan fingerprint density at radius 1 is 1.25 bits per heavy atom. The molecule has 1 aromatic rings. The van der Waals surface area contributed by atoms with Crippen LogP contribution in [0.1, 0.15) is 44.7 Å². The van der Waals surface area contributed by atoms with Gasteiger partial charge in [0.25, 0.3) is 0 Å². The van der Waals surface area contributed by atoms with Crippen molar-refractivity contribution in [2.75, 3.05) is 27.2 Å². The molecule has 0 aromatic heterocycles. The molecule has 1 aromatic carbocycles. The van der Waals surface area contributed by atoms with Crippen LogP contribution < -0.4 is 5.32 Å². The fraction of sp³-hybridized carbons (Fsp3) is 0.619. The minimum absolute atomic E-state index is 0. The van der Waals surface area contributed by atoms with Crippen LogP contribution in [0.3, 0.4) is 0 Å². The summed E-state index contributed by atoms with van der Waals surface area (Å²) in [5, 5.41) is 3.43. The number of esters is 1. The number of halogens is 1. The lowest BCUT2D eigenvalue weighted by Gasteiger charge is -2.33. The van der Waals surface area contributed by atoms with Crippen LogP contribution in [0, 0.1) is 5.92 Å². The van der Waals surface area contributed by atoms with Crippen molar-refractivity contribution in [3.05, 3.63) is 35.4 Å². The first-order chi connectivity index (χ1) is 12.8. The summed E-state index contributed by atoms with van der Waals surface area (Å²) < 4.78 is 10.7. The molecule has 0 atom stereocenters. The normalized spacial score (nSPS) is 15.8. The maximum absolute atomic E-state index is 11.7. The van der Waals surface area contributed by atoms with E-state index in [0.717, 1.165) is 37.5 Å². The number of piperidine rings is 1. The number of carbonyl (C=O) groups excluding carboxylic acids is 1. The number of carbonyl (C=O) groups is 1. The van der Waals surface area contributed by atoms with Gasteiger partial charge in [0.15, 0.2) is 5.96 Å². The molecule has 0 spiro atoms. The number of hydrogen-bond donors (Lipinski definition) is 1. The Morgan fingerprint density at radius 3 is 2.46 bits per heavy atom. The van der Waals surface area contributed by atoms with Crippen LogP contribution in [-0.4, -0.2) is 49.7 Å². The molecule has 0 saturated carbocycles. The molecular formula is C21H34IN3O3. The highest BCUT2D eigenvalue weighted by Gasteiger charge is 2.26. The van der Waals surface area contributed by atoms with E-state index in [9.17, 15) is 4.79 Å². The fourth-order valence-corrected chi connectivity index (χ4v) is 3.14. The Morgan fingerprint density at radius 2 is 1.89 bits per heavy atom. The van der Waals surface area contributed by atoms with Crippen LogP contribution in [-0.2, 0) is 27.4 Å². The number of guanidine groups is 1. The van der Waals surface area contributed by atoms with Crippen molar-refractivity contribution in [3.63, 3.8) is 0 Å². The van der Waals surface area contributed by atoms with Gasteiger partial charge in [-0.1, -0.05) is 24.3 Å². The smallest absolute Gasteiger partial charge is 0.308 e. The highest BCUT2D eigenvalue weighted by molar-refractivity contribution is 14.0. The molecule has 1 aliphatic rings. The Kier molecular flexibility index (Phi) is 10.2. The average Bonchev–Trinajstić information content (AvgIpc) is 2.66. The molecule has 0 amide bonds. The lowest BCUT2D eigenvalue weighted by Crippen LogP contribution is -2.46. The summed E-state index contributed by atoms with van der Waals surface area (Å²) in [6.07, 6.45) is 1.60. The van der Waals surface area contributed by atoms with Crippen LogP contribution in [0.15, 0.2) is 29.3 Å². The summed E-state index contributed by atoms with van der Waals surface area (Å²) in [6, 6.07) is 8.41. The van der Waals surface area contributed by atoms with Gasteiger partial charge in [-0.25, -0.2) is 0 Å². The van der Waals surface area contributed by atoms with Crippen molar-refractivity contribution in [2.24, 2.45) is 10.9 Å². The molecule has 7 heteroatoms. The summed E-state index contributed by atoms with van der Waals surface area (Å²) in [4.78, 5) is 18.3. The number of likely N-dealkylation sites (tertiary alicyclic amines) is 1. The molecule has 1 fully saturated rings. The first-order valence-electron chi connectivity index (χ1n) is 9.57. The van der Waals surface area contributed by atoms with E-state index in [1.165, 1.54) is 12.7 Å². The molecule has 0 aliphatic carbocycles. The molecule has 0 radical (unpaired) electrons. The maximum atomic E-state index is 11.7. The maximum Gasteiger partial charge on any atom is 0.308 e. The first kappa shape index (κ1) is 24.7. The largest absolute Gasteiger partial charge is 0.469 e. The van der Waals surface area contributed by atoms with E-state index in [2.05, 4.69) is 60.2 Å². The van der Waals surface area contributed by atoms with Crippen molar-refractivity contribution < 1.29 is 14.3 Å². The summed E-state index contributed by atoms with van der Waals surface area (Å²) in [6.45, 7) is 9.10. The zero-order chi connectivity index (χ0) is 19.9. The molecule has 28 heavy (non-hydrogen) atoms. The summed E-state index contributed by atoms with van der Waals surface area (Å²) >= 11 is 0. The Hall–Kier alpha value is -1.35. The van der Waals surface area contributed by atoms with E-state index in [4.69, 9.17) is 9.47 Å².